The molecular formula is C21H31FIN5O2. The zero-order valence-electron chi connectivity index (χ0n) is 17.8. The minimum Gasteiger partial charge on any atom is -0.489 e. The van der Waals surface area contributed by atoms with Crippen molar-refractivity contribution in [2.75, 3.05) is 39.3 Å². The number of aromatic nitrogens is 1. The smallest absolute Gasteiger partial charge is 0.194 e. The molecule has 1 unspecified atom stereocenters. The van der Waals surface area contributed by atoms with Gasteiger partial charge in [0.2, 0.25) is 0 Å². The second-order valence-corrected chi connectivity index (χ2v) is 7.27. The molecule has 0 aliphatic carbocycles. The normalized spacial score (nSPS) is 16.1. The van der Waals surface area contributed by atoms with Crippen LogP contribution in [0.4, 0.5) is 4.39 Å². The van der Waals surface area contributed by atoms with Gasteiger partial charge in [0.15, 0.2) is 5.96 Å². The molecule has 1 atom stereocenters. The van der Waals surface area contributed by atoms with Crippen molar-refractivity contribution in [3.05, 3.63) is 47.6 Å². The summed E-state index contributed by atoms with van der Waals surface area (Å²) in [5.74, 6) is 2.13. The third-order valence-electron chi connectivity index (χ3n) is 4.72. The van der Waals surface area contributed by atoms with Crippen molar-refractivity contribution in [1.82, 2.24) is 20.3 Å². The zero-order valence-corrected chi connectivity index (χ0v) is 20.1. The van der Waals surface area contributed by atoms with E-state index in [1.807, 2.05) is 19.9 Å². The van der Waals surface area contributed by atoms with Crippen LogP contribution in [0.2, 0.25) is 0 Å². The Labute approximate surface area is 194 Å². The van der Waals surface area contributed by atoms with Gasteiger partial charge in [0, 0.05) is 45.3 Å². The Kier molecular flexibility index (Phi) is 9.83. The van der Waals surface area contributed by atoms with Crippen LogP contribution in [0.5, 0.6) is 5.75 Å². The molecule has 1 fully saturated rings. The molecular weight excluding hydrogens is 500 g/mol. The summed E-state index contributed by atoms with van der Waals surface area (Å²) in [6.45, 7) is 11.8. The van der Waals surface area contributed by atoms with Gasteiger partial charge in [-0.3, -0.25) is 4.90 Å². The highest BCUT2D eigenvalue weighted by atomic mass is 127. The Morgan fingerprint density at radius 1 is 1.27 bits per heavy atom. The van der Waals surface area contributed by atoms with Crippen LogP contribution in [0, 0.1) is 12.7 Å². The minimum atomic E-state index is -0.268. The van der Waals surface area contributed by atoms with Gasteiger partial charge in [-0.15, -0.1) is 24.0 Å². The van der Waals surface area contributed by atoms with Crippen LogP contribution in [0.25, 0.3) is 0 Å². The van der Waals surface area contributed by atoms with Crippen molar-refractivity contribution < 1.29 is 13.7 Å². The molecule has 1 N–H and O–H groups in total. The Bertz CT molecular complexity index is 791. The van der Waals surface area contributed by atoms with E-state index in [0.717, 1.165) is 56.7 Å². The molecule has 1 aromatic heterocycles. The van der Waals surface area contributed by atoms with Crippen LogP contribution in [-0.2, 0) is 6.54 Å². The number of guanidine groups is 1. The summed E-state index contributed by atoms with van der Waals surface area (Å²) < 4.78 is 24.0. The molecule has 2 heterocycles. The van der Waals surface area contributed by atoms with Gasteiger partial charge in [0.1, 0.15) is 23.4 Å². The lowest BCUT2D eigenvalue weighted by molar-refractivity contribution is 0.168. The van der Waals surface area contributed by atoms with Gasteiger partial charge in [0.25, 0.3) is 0 Å². The standard InChI is InChI=1S/C21H30FN5O2.HI/c1-4-23-21(24-14-17(3)28-20-7-5-18(22)6-8-20)27-11-9-26(10-12-27)15-19-13-16(2)29-25-19;/h5-8,13,17H,4,9-12,14-15H2,1-3H3,(H,23,24);1H. The zero-order chi connectivity index (χ0) is 20.6. The van der Waals surface area contributed by atoms with E-state index in [2.05, 4.69) is 27.2 Å². The third-order valence-corrected chi connectivity index (χ3v) is 4.72. The van der Waals surface area contributed by atoms with Crippen molar-refractivity contribution in [2.45, 2.75) is 33.4 Å². The summed E-state index contributed by atoms with van der Waals surface area (Å²) in [5, 5.41) is 7.45. The largest absolute Gasteiger partial charge is 0.489 e. The number of hydrogen-bond donors (Lipinski definition) is 1. The first-order valence-electron chi connectivity index (χ1n) is 10.1. The Balaban J connectivity index is 0.00000320. The van der Waals surface area contributed by atoms with Crippen LogP contribution in [0.3, 0.4) is 0 Å². The topological polar surface area (TPSA) is 66.1 Å². The highest BCUT2D eigenvalue weighted by Crippen LogP contribution is 2.13. The Hall–Kier alpha value is -1.88. The molecule has 2 aromatic rings. The second kappa shape index (κ2) is 12.1. The summed E-state index contributed by atoms with van der Waals surface area (Å²) in [6.07, 6.45) is -0.106. The van der Waals surface area contributed by atoms with E-state index in [1.54, 1.807) is 12.1 Å². The second-order valence-electron chi connectivity index (χ2n) is 7.27. The molecule has 0 amide bonds. The quantitative estimate of drug-likeness (QED) is 0.336. The first-order chi connectivity index (χ1) is 14.0. The average Bonchev–Trinajstić information content (AvgIpc) is 3.12. The number of rotatable bonds is 7. The number of nitrogens with zero attached hydrogens (tertiary/aromatic N) is 4. The van der Waals surface area contributed by atoms with Crippen LogP contribution < -0.4 is 10.1 Å². The first-order valence-corrected chi connectivity index (χ1v) is 10.1. The van der Waals surface area contributed by atoms with Gasteiger partial charge in [-0.2, -0.15) is 0 Å². The van der Waals surface area contributed by atoms with Gasteiger partial charge in [-0.1, -0.05) is 5.16 Å². The van der Waals surface area contributed by atoms with Crippen molar-refractivity contribution in [1.29, 1.82) is 0 Å². The maximum absolute atomic E-state index is 13.0. The molecule has 1 saturated heterocycles. The molecule has 7 nitrogen and oxygen atoms in total. The van der Waals surface area contributed by atoms with Gasteiger partial charge < -0.3 is 19.5 Å². The van der Waals surface area contributed by atoms with E-state index in [0.29, 0.717) is 12.3 Å². The predicted octanol–water partition coefficient (Wildman–Crippen LogP) is 3.29. The maximum atomic E-state index is 13.0. The Morgan fingerprint density at radius 3 is 2.57 bits per heavy atom. The SMILES string of the molecule is CCNC(=NCC(C)Oc1ccc(F)cc1)N1CCN(Cc2cc(C)on2)CC1.I. The molecule has 166 valence electrons. The van der Waals surface area contributed by atoms with Crippen LogP contribution in [-0.4, -0.2) is 66.3 Å². The number of hydrogen-bond acceptors (Lipinski definition) is 5. The molecule has 9 heteroatoms. The number of aliphatic imine (C=N–C) groups is 1. The lowest BCUT2D eigenvalue weighted by atomic mass is 10.3. The molecule has 1 aliphatic heterocycles. The number of nitrogens with one attached hydrogen (secondary N) is 1. The number of benzene rings is 1. The van der Waals surface area contributed by atoms with E-state index in [4.69, 9.17) is 14.3 Å². The van der Waals surface area contributed by atoms with Gasteiger partial charge in [0.05, 0.1) is 12.2 Å². The van der Waals surface area contributed by atoms with Crippen LogP contribution in [0.15, 0.2) is 39.8 Å². The highest BCUT2D eigenvalue weighted by Gasteiger charge is 2.20. The number of aryl methyl sites for hydroxylation is 1. The summed E-state index contributed by atoms with van der Waals surface area (Å²) >= 11 is 0. The number of ether oxygens (including phenoxy) is 1. The summed E-state index contributed by atoms with van der Waals surface area (Å²) in [6, 6.07) is 8.05. The number of piperazine rings is 1. The molecule has 0 spiro atoms. The van der Waals surface area contributed by atoms with Crippen LogP contribution >= 0.6 is 24.0 Å². The van der Waals surface area contributed by atoms with E-state index >= 15 is 0 Å². The lowest BCUT2D eigenvalue weighted by Crippen LogP contribution is -2.52. The van der Waals surface area contributed by atoms with Gasteiger partial charge >= 0.3 is 0 Å². The van der Waals surface area contributed by atoms with Crippen LogP contribution in [0.1, 0.15) is 25.3 Å². The number of halogens is 2. The first kappa shape index (κ1) is 24.4. The van der Waals surface area contributed by atoms with E-state index in [-0.39, 0.29) is 35.9 Å². The predicted molar refractivity (Wildman–Crippen MR) is 126 cm³/mol. The summed E-state index contributed by atoms with van der Waals surface area (Å²) in [7, 11) is 0. The molecule has 30 heavy (non-hydrogen) atoms. The van der Waals surface area contributed by atoms with Gasteiger partial charge in [-0.25, -0.2) is 9.38 Å². The molecule has 1 aromatic carbocycles. The molecule has 0 saturated carbocycles. The fraction of sp³-hybridized carbons (Fsp3) is 0.524. The molecule has 3 rings (SSSR count). The lowest BCUT2D eigenvalue weighted by Gasteiger charge is -2.36. The van der Waals surface area contributed by atoms with E-state index in [9.17, 15) is 4.39 Å². The monoisotopic (exact) mass is 531 g/mol. The maximum Gasteiger partial charge on any atom is 0.194 e. The van der Waals surface area contributed by atoms with E-state index < -0.39 is 0 Å². The van der Waals surface area contributed by atoms with Gasteiger partial charge in [-0.05, 0) is 45.0 Å². The molecule has 0 bridgehead atoms. The molecule has 0 radical (unpaired) electrons. The average molecular weight is 531 g/mol. The summed E-state index contributed by atoms with van der Waals surface area (Å²) in [4.78, 5) is 9.40. The fourth-order valence-electron chi connectivity index (χ4n) is 3.26. The van der Waals surface area contributed by atoms with Crippen molar-refractivity contribution >= 4 is 29.9 Å². The highest BCUT2D eigenvalue weighted by molar-refractivity contribution is 14.0. The van der Waals surface area contributed by atoms with Crippen molar-refractivity contribution in [3.8, 4) is 5.75 Å². The molecule has 1 aliphatic rings. The van der Waals surface area contributed by atoms with E-state index in [1.165, 1.54) is 12.1 Å². The van der Waals surface area contributed by atoms with Crippen molar-refractivity contribution in [3.63, 3.8) is 0 Å². The fourth-order valence-corrected chi connectivity index (χ4v) is 3.26. The minimum absolute atomic E-state index is 0. The third kappa shape index (κ3) is 7.42. The Morgan fingerprint density at radius 2 is 1.97 bits per heavy atom. The van der Waals surface area contributed by atoms with Crippen molar-refractivity contribution in [2.24, 2.45) is 4.99 Å². The summed E-state index contributed by atoms with van der Waals surface area (Å²) in [5.41, 5.74) is 0.975.